The number of carbonyl (C=O) groups is 3. The average Bonchev–Trinajstić information content (AvgIpc) is 3.00. The third-order valence-corrected chi connectivity index (χ3v) is 7.06. The van der Waals surface area contributed by atoms with Gasteiger partial charge >= 0.3 is 17.9 Å². The molecule has 7 nitrogen and oxygen atoms in total. The molecule has 0 bridgehead atoms. The predicted octanol–water partition coefficient (Wildman–Crippen LogP) is 8.32. The Morgan fingerprint density at radius 3 is 2.07 bits per heavy atom. The van der Waals surface area contributed by atoms with E-state index in [1.54, 1.807) is 12.1 Å². The van der Waals surface area contributed by atoms with Gasteiger partial charge in [0.25, 0.3) is 0 Å². The molecule has 0 aromatic heterocycles. The molecular weight excluding hydrogens is 556 g/mol. The molecule has 0 N–H and O–H groups in total. The number of unbranched alkanes of at least 4 members (excludes halogenated alkanes) is 3. The van der Waals surface area contributed by atoms with Crippen LogP contribution in [0, 0.1) is 5.92 Å². The second-order valence-electron chi connectivity index (χ2n) is 10.2. The third kappa shape index (κ3) is 9.91. The van der Waals surface area contributed by atoms with Crippen molar-refractivity contribution in [3.8, 4) is 22.6 Å². The van der Waals surface area contributed by atoms with Crippen molar-refractivity contribution >= 4 is 29.5 Å². The first-order valence-electron chi connectivity index (χ1n) is 14.4. The number of esters is 3. The molecular formula is C34H39ClO7. The Balaban J connectivity index is 1.52. The van der Waals surface area contributed by atoms with Crippen LogP contribution in [0.4, 0.5) is 0 Å². The van der Waals surface area contributed by atoms with Crippen molar-refractivity contribution in [1.82, 2.24) is 0 Å². The van der Waals surface area contributed by atoms with Gasteiger partial charge in [-0.05, 0) is 78.9 Å². The maximum absolute atomic E-state index is 12.7. The van der Waals surface area contributed by atoms with Crippen molar-refractivity contribution in [3.63, 3.8) is 0 Å². The van der Waals surface area contributed by atoms with E-state index in [4.69, 9.17) is 30.5 Å². The number of halogens is 1. The highest BCUT2D eigenvalue weighted by Crippen LogP contribution is 2.31. The topological polar surface area (TPSA) is 88.1 Å². The van der Waals surface area contributed by atoms with E-state index >= 15 is 0 Å². The van der Waals surface area contributed by atoms with Crippen LogP contribution in [-0.2, 0) is 14.3 Å². The molecule has 0 amide bonds. The summed E-state index contributed by atoms with van der Waals surface area (Å²) in [5.74, 6) is -0.666. The normalized spacial score (nSPS) is 12.2. The van der Waals surface area contributed by atoms with Gasteiger partial charge in [0.05, 0.1) is 29.4 Å². The first-order chi connectivity index (χ1) is 20.2. The minimum Gasteiger partial charge on any atom is -0.492 e. The summed E-state index contributed by atoms with van der Waals surface area (Å²) in [7, 11) is 0. The van der Waals surface area contributed by atoms with E-state index in [9.17, 15) is 14.4 Å². The molecule has 0 radical (unpaired) electrons. The molecule has 8 heteroatoms. The molecule has 2 unspecified atom stereocenters. The van der Waals surface area contributed by atoms with E-state index in [0.717, 1.165) is 30.4 Å². The first kappa shape index (κ1) is 32.7. The van der Waals surface area contributed by atoms with Gasteiger partial charge in [0, 0.05) is 0 Å². The first-order valence-corrected chi connectivity index (χ1v) is 14.8. The van der Waals surface area contributed by atoms with E-state index < -0.39 is 24.0 Å². The summed E-state index contributed by atoms with van der Waals surface area (Å²) < 4.78 is 21.7. The molecule has 3 aromatic rings. The number of benzene rings is 3. The lowest BCUT2D eigenvalue weighted by Gasteiger charge is -2.15. The van der Waals surface area contributed by atoms with Crippen LogP contribution in [0.25, 0.3) is 11.1 Å². The maximum Gasteiger partial charge on any atom is 0.347 e. The lowest BCUT2D eigenvalue weighted by atomic mass is 10.0. The van der Waals surface area contributed by atoms with Crippen molar-refractivity contribution in [2.75, 3.05) is 13.2 Å². The monoisotopic (exact) mass is 594 g/mol. The van der Waals surface area contributed by atoms with Crippen LogP contribution in [0.3, 0.4) is 0 Å². The van der Waals surface area contributed by atoms with Crippen LogP contribution in [-0.4, -0.2) is 37.2 Å². The summed E-state index contributed by atoms with van der Waals surface area (Å²) in [5, 5.41) is 0.537. The fourth-order valence-corrected chi connectivity index (χ4v) is 4.10. The van der Waals surface area contributed by atoms with E-state index in [-0.39, 0.29) is 23.8 Å². The van der Waals surface area contributed by atoms with Crippen molar-refractivity contribution in [3.05, 3.63) is 82.9 Å². The number of carbonyl (C=O) groups excluding carboxylic acids is 3. The molecule has 0 fully saturated rings. The van der Waals surface area contributed by atoms with E-state index in [0.29, 0.717) is 22.9 Å². The Labute approximate surface area is 253 Å². The van der Waals surface area contributed by atoms with Crippen LogP contribution < -0.4 is 9.47 Å². The number of hydrogen-bond donors (Lipinski definition) is 0. The minimum absolute atomic E-state index is 0.215. The summed E-state index contributed by atoms with van der Waals surface area (Å²) in [4.78, 5) is 37.2. The van der Waals surface area contributed by atoms with Gasteiger partial charge in [-0.2, -0.15) is 0 Å². The zero-order chi connectivity index (χ0) is 30.5. The van der Waals surface area contributed by atoms with Crippen molar-refractivity contribution in [1.29, 1.82) is 0 Å². The summed E-state index contributed by atoms with van der Waals surface area (Å²) >= 11 is 6.44. The highest BCUT2D eigenvalue weighted by atomic mass is 35.5. The fraction of sp³-hybridized carbons (Fsp3) is 0.382. The van der Waals surface area contributed by atoms with Gasteiger partial charge in [0.1, 0.15) is 11.5 Å². The summed E-state index contributed by atoms with van der Waals surface area (Å²) in [6.45, 7) is 8.52. The van der Waals surface area contributed by atoms with Crippen LogP contribution in [0.2, 0.25) is 5.02 Å². The molecule has 0 saturated carbocycles. The Hall–Kier alpha value is -3.84. The average molecular weight is 595 g/mol. The van der Waals surface area contributed by atoms with E-state index in [2.05, 4.69) is 6.92 Å². The smallest absolute Gasteiger partial charge is 0.347 e. The zero-order valence-corrected chi connectivity index (χ0v) is 25.4. The summed E-state index contributed by atoms with van der Waals surface area (Å²) in [6.07, 6.45) is 4.35. The molecule has 3 rings (SSSR count). The zero-order valence-electron chi connectivity index (χ0n) is 24.7. The van der Waals surface area contributed by atoms with Gasteiger partial charge in [-0.25, -0.2) is 14.4 Å². The summed E-state index contributed by atoms with van der Waals surface area (Å²) in [5.41, 5.74) is 2.38. The third-order valence-electron chi connectivity index (χ3n) is 6.76. The number of hydrogen-bond acceptors (Lipinski definition) is 7. The number of ether oxygens (including phenoxy) is 4. The van der Waals surface area contributed by atoms with Gasteiger partial charge in [0.15, 0.2) is 6.10 Å². The van der Waals surface area contributed by atoms with Crippen molar-refractivity contribution in [2.24, 2.45) is 5.92 Å². The van der Waals surface area contributed by atoms with Crippen LogP contribution in [0.15, 0.2) is 66.7 Å². The largest absolute Gasteiger partial charge is 0.492 e. The highest BCUT2D eigenvalue weighted by molar-refractivity contribution is 6.32. The van der Waals surface area contributed by atoms with Crippen molar-refractivity contribution in [2.45, 2.75) is 65.9 Å². The predicted molar refractivity (Wildman–Crippen MR) is 163 cm³/mol. The standard InChI is InChI=1S/C34H39ClO7/c1-5-7-8-9-20-39-31-19-16-28(21-30(31)35)25-10-12-26(13-11-25)34(38)42-29-17-14-27(15-18-29)33(37)41-24(4)32(36)40-22-23(3)6-2/h10-19,21,23-24H,5-9,20,22H2,1-4H3. The Bertz CT molecular complexity index is 1320. The van der Waals surface area contributed by atoms with E-state index in [1.807, 2.05) is 44.2 Å². The molecule has 0 heterocycles. The van der Waals surface area contributed by atoms with Crippen LogP contribution >= 0.6 is 11.6 Å². The molecule has 3 aromatic carbocycles. The minimum atomic E-state index is -1.04. The van der Waals surface area contributed by atoms with Gasteiger partial charge < -0.3 is 18.9 Å². The Kier molecular flexibility index (Phi) is 12.9. The Morgan fingerprint density at radius 2 is 1.43 bits per heavy atom. The second kappa shape index (κ2) is 16.6. The van der Waals surface area contributed by atoms with Gasteiger partial charge in [-0.15, -0.1) is 0 Å². The lowest BCUT2D eigenvalue weighted by molar-refractivity contribution is -0.154. The molecule has 2 atom stereocenters. The van der Waals surface area contributed by atoms with Gasteiger partial charge in [-0.1, -0.05) is 76.3 Å². The van der Waals surface area contributed by atoms with Crippen LogP contribution in [0.5, 0.6) is 11.5 Å². The SMILES string of the molecule is CCCCCCOc1ccc(-c2ccc(C(=O)Oc3ccc(C(=O)OC(C)C(=O)OCC(C)CC)cc3)cc2)cc1Cl. The molecule has 0 aliphatic heterocycles. The maximum atomic E-state index is 12.7. The lowest BCUT2D eigenvalue weighted by Crippen LogP contribution is -2.27. The summed E-state index contributed by atoms with van der Waals surface area (Å²) in [6, 6.07) is 18.6. The van der Waals surface area contributed by atoms with E-state index in [1.165, 1.54) is 44.0 Å². The van der Waals surface area contributed by atoms with Gasteiger partial charge in [-0.3, -0.25) is 0 Å². The quantitative estimate of drug-likeness (QED) is 0.0992. The van der Waals surface area contributed by atoms with Gasteiger partial charge in [0.2, 0.25) is 0 Å². The molecule has 0 aliphatic carbocycles. The highest BCUT2D eigenvalue weighted by Gasteiger charge is 2.21. The molecule has 0 saturated heterocycles. The molecule has 0 spiro atoms. The molecule has 224 valence electrons. The Morgan fingerprint density at radius 1 is 0.786 bits per heavy atom. The fourth-order valence-electron chi connectivity index (χ4n) is 3.87. The van der Waals surface area contributed by atoms with Crippen LogP contribution in [0.1, 0.15) is 80.5 Å². The second-order valence-corrected chi connectivity index (χ2v) is 10.6. The molecule has 0 aliphatic rings. The molecule has 42 heavy (non-hydrogen) atoms. The van der Waals surface area contributed by atoms with Crippen molar-refractivity contribution < 1.29 is 33.3 Å². The number of rotatable bonds is 15.